The molecule has 4 nitrogen and oxygen atoms in total. The summed E-state index contributed by atoms with van der Waals surface area (Å²) in [7, 11) is 3.34. The molecule has 0 amide bonds. The topological polar surface area (TPSA) is 42.7 Å². The predicted octanol–water partition coefficient (Wildman–Crippen LogP) is 3.91. The van der Waals surface area contributed by atoms with E-state index >= 15 is 0 Å². The van der Waals surface area contributed by atoms with Crippen LogP contribution in [0.3, 0.4) is 0 Å². The first kappa shape index (κ1) is 15.6. The Balaban J connectivity index is 2.10. The summed E-state index contributed by atoms with van der Waals surface area (Å²) in [5.74, 6) is -0.199. The number of esters is 1. The van der Waals surface area contributed by atoms with E-state index in [1.165, 1.54) is 13.4 Å². The van der Waals surface area contributed by atoms with Gasteiger partial charge in [0, 0.05) is 23.2 Å². The van der Waals surface area contributed by atoms with Crippen molar-refractivity contribution in [1.29, 1.82) is 0 Å². The maximum Gasteiger partial charge on any atom is 0.374 e. The normalized spacial score (nSPS) is 12.4. The lowest BCUT2D eigenvalue weighted by Crippen LogP contribution is -2.22. The van der Waals surface area contributed by atoms with Gasteiger partial charge in [0.15, 0.2) is 0 Å². The number of rotatable bonds is 5. The van der Waals surface area contributed by atoms with Crippen molar-refractivity contribution in [3.05, 3.63) is 58.5 Å². The molecule has 112 valence electrons. The second-order valence-electron chi connectivity index (χ2n) is 4.91. The van der Waals surface area contributed by atoms with Crippen LogP contribution in [0.1, 0.15) is 34.6 Å². The fourth-order valence-corrected chi connectivity index (χ4v) is 2.26. The third-order valence-corrected chi connectivity index (χ3v) is 3.80. The molecule has 0 aliphatic rings. The zero-order chi connectivity index (χ0) is 15.4. The predicted molar refractivity (Wildman–Crippen MR) is 81.4 cm³/mol. The number of benzene rings is 1. The van der Waals surface area contributed by atoms with Crippen LogP contribution in [-0.4, -0.2) is 25.0 Å². The molecule has 0 radical (unpaired) electrons. The van der Waals surface area contributed by atoms with E-state index < -0.39 is 5.97 Å². The number of methoxy groups -OCH3 is 1. The average molecular weight is 308 g/mol. The Kier molecular flexibility index (Phi) is 5.04. The summed E-state index contributed by atoms with van der Waals surface area (Å²) in [6.07, 6.45) is 1.50. The van der Waals surface area contributed by atoms with Gasteiger partial charge in [-0.3, -0.25) is 4.90 Å². The average Bonchev–Trinajstić information content (AvgIpc) is 2.94. The summed E-state index contributed by atoms with van der Waals surface area (Å²) in [5, 5.41) is 0.719. The Morgan fingerprint density at radius 3 is 2.62 bits per heavy atom. The number of furan rings is 1. The number of ether oxygens (including phenoxy) is 1. The van der Waals surface area contributed by atoms with E-state index in [0.29, 0.717) is 6.54 Å². The Hall–Kier alpha value is -1.78. The minimum atomic E-state index is -0.456. The van der Waals surface area contributed by atoms with Gasteiger partial charge in [0.1, 0.15) is 0 Å². The molecule has 21 heavy (non-hydrogen) atoms. The molecular formula is C16H18ClNO3. The van der Waals surface area contributed by atoms with Gasteiger partial charge in [-0.2, -0.15) is 0 Å². The largest absolute Gasteiger partial charge is 0.463 e. The van der Waals surface area contributed by atoms with Gasteiger partial charge >= 0.3 is 5.97 Å². The fourth-order valence-electron chi connectivity index (χ4n) is 2.13. The molecule has 5 heteroatoms. The highest BCUT2D eigenvalue weighted by molar-refractivity contribution is 6.30. The minimum absolute atomic E-state index is 0.183. The number of nitrogens with zero attached hydrogens (tertiary/aromatic N) is 1. The van der Waals surface area contributed by atoms with E-state index in [0.717, 1.165) is 16.1 Å². The zero-order valence-electron chi connectivity index (χ0n) is 12.3. The van der Waals surface area contributed by atoms with Crippen LogP contribution in [0, 0.1) is 0 Å². The number of carbonyl (C=O) groups excluding carboxylic acids is 1. The Labute approximate surface area is 129 Å². The van der Waals surface area contributed by atoms with Crippen molar-refractivity contribution in [2.75, 3.05) is 14.2 Å². The standard InChI is InChI=1S/C16H18ClNO3/c1-11(12-4-6-14(17)7-5-12)18(2)10-13-8-9-21-15(13)16(19)20-3/h4-9,11H,10H2,1-3H3. The molecule has 0 saturated carbocycles. The first-order valence-corrected chi connectivity index (χ1v) is 7.01. The molecule has 0 aliphatic carbocycles. The Morgan fingerprint density at radius 2 is 2.00 bits per heavy atom. The molecule has 0 saturated heterocycles. The molecule has 0 spiro atoms. The van der Waals surface area contributed by atoms with Crippen LogP contribution in [0.2, 0.25) is 5.02 Å². The summed E-state index contributed by atoms with van der Waals surface area (Å²) in [6, 6.07) is 9.72. The van der Waals surface area contributed by atoms with Gasteiger partial charge < -0.3 is 9.15 Å². The van der Waals surface area contributed by atoms with Crippen molar-refractivity contribution in [3.8, 4) is 0 Å². The molecule has 1 aromatic carbocycles. The van der Waals surface area contributed by atoms with Crippen molar-refractivity contribution >= 4 is 17.6 Å². The lowest BCUT2D eigenvalue weighted by Gasteiger charge is -2.24. The lowest BCUT2D eigenvalue weighted by atomic mass is 10.1. The van der Waals surface area contributed by atoms with E-state index in [1.807, 2.05) is 31.3 Å². The summed E-state index contributed by atoms with van der Waals surface area (Å²) >= 11 is 5.91. The van der Waals surface area contributed by atoms with Crippen LogP contribution in [-0.2, 0) is 11.3 Å². The van der Waals surface area contributed by atoms with Gasteiger partial charge in [0.2, 0.25) is 5.76 Å². The van der Waals surface area contributed by atoms with Crippen LogP contribution < -0.4 is 0 Å². The number of hydrogen-bond acceptors (Lipinski definition) is 4. The van der Waals surface area contributed by atoms with Gasteiger partial charge in [-0.25, -0.2) is 4.79 Å². The molecule has 0 fully saturated rings. The van der Waals surface area contributed by atoms with Gasteiger partial charge in [0.25, 0.3) is 0 Å². The molecular weight excluding hydrogens is 290 g/mol. The number of halogens is 1. The van der Waals surface area contributed by atoms with Crippen molar-refractivity contribution in [1.82, 2.24) is 4.90 Å². The first-order valence-electron chi connectivity index (χ1n) is 6.63. The third-order valence-electron chi connectivity index (χ3n) is 3.55. The van der Waals surface area contributed by atoms with Crippen LogP contribution in [0.15, 0.2) is 41.0 Å². The van der Waals surface area contributed by atoms with Gasteiger partial charge in [-0.1, -0.05) is 23.7 Å². The van der Waals surface area contributed by atoms with E-state index in [1.54, 1.807) is 6.07 Å². The highest BCUT2D eigenvalue weighted by Gasteiger charge is 2.19. The SMILES string of the molecule is COC(=O)c1occc1CN(C)C(C)c1ccc(Cl)cc1. The maximum atomic E-state index is 11.6. The van der Waals surface area contributed by atoms with E-state index in [4.69, 9.17) is 20.8 Å². The van der Waals surface area contributed by atoms with Crippen molar-refractivity contribution < 1.29 is 13.9 Å². The second-order valence-corrected chi connectivity index (χ2v) is 5.35. The highest BCUT2D eigenvalue weighted by Crippen LogP contribution is 2.23. The van der Waals surface area contributed by atoms with Crippen LogP contribution in [0.5, 0.6) is 0 Å². The van der Waals surface area contributed by atoms with Crippen molar-refractivity contribution in [2.24, 2.45) is 0 Å². The molecule has 2 rings (SSSR count). The molecule has 2 aromatic rings. The smallest absolute Gasteiger partial charge is 0.374 e. The second kappa shape index (κ2) is 6.78. The monoisotopic (exact) mass is 307 g/mol. The molecule has 0 aliphatic heterocycles. The maximum absolute atomic E-state index is 11.6. The zero-order valence-corrected chi connectivity index (χ0v) is 13.1. The van der Waals surface area contributed by atoms with E-state index in [-0.39, 0.29) is 11.8 Å². The number of hydrogen-bond donors (Lipinski definition) is 0. The van der Waals surface area contributed by atoms with E-state index in [2.05, 4.69) is 11.8 Å². The molecule has 1 atom stereocenters. The summed E-state index contributed by atoms with van der Waals surface area (Å²) in [4.78, 5) is 13.7. The van der Waals surface area contributed by atoms with Gasteiger partial charge in [-0.15, -0.1) is 0 Å². The third kappa shape index (κ3) is 3.65. The first-order chi connectivity index (χ1) is 10.0. The highest BCUT2D eigenvalue weighted by atomic mass is 35.5. The quantitative estimate of drug-likeness (QED) is 0.785. The minimum Gasteiger partial charge on any atom is -0.463 e. The van der Waals surface area contributed by atoms with Crippen LogP contribution in [0.25, 0.3) is 0 Å². The molecule has 0 N–H and O–H groups in total. The Bertz CT molecular complexity index is 606. The molecule has 1 heterocycles. The van der Waals surface area contributed by atoms with Gasteiger partial charge in [-0.05, 0) is 37.7 Å². The van der Waals surface area contributed by atoms with Crippen molar-refractivity contribution in [3.63, 3.8) is 0 Å². The summed E-state index contributed by atoms with van der Waals surface area (Å²) in [5.41, 5.74) is 1.97. The number of carbonyl (C=O) groups is 1. The fraction of sp³-hybridized carbons (Fsp3) is 0.312. The molecule has 1 unspecified atom stereocenters. The molecule has 0 bridgehead atoms. The van der Waals surface area contributed by atoms with Crippen LogP contribution >= 0.6 is 11.6 Å². The Morgan fingerprint density at radius 1 is 1.33 bits per heavy atom. The van der Waals surface area contributed by atoms with Crippen molar-refractivity contribution in [2.45, 2.75) is 19.5 Å². The van der Waals surface area contributed by atoms with Gasteiger partial charge in [0.05, 0.1) is 13.4 Å². The van der Waals surface area contributed by atoms with Crippen LogP contribution in [0.4, 0.5) is 0 Å². The summed E-state index contributed by atoms with van der Waals surface area (Å²) < 4.78 is 9.91. The van der Waals surface area contributed by atoms with E-state index in [9.17, 15) is 4.79 Å². The lowest BCUT2D eigenvalue weighted by molar-refractivity contribution is 0.0561. The molecule has 1 aromatic heterocycles. The summed E-state index contributed by atoms with van der Waals surface area (Å²) in [6.45, 7) is 2.69.